The molecule has 2 unspecified atom stereocenters. The van der Waals surface area contributed by atoms with Crippen molar-refractivity contribution in [1.29, 1.82) is 5.26 Å². The predicted octanol–water partition coefficient (Wildman–Crippen LogP) is 4.37. The number of nitrogens with one attached hydrogen (secondary N) is 1. The Morgan fingerprint density at radius 1 is 0.868 bits per heavy atom. The van der Waals surface area contributed by atoms with Crippen molar-refractivity contribution in [3.63, 3.8) is 0 Å². The number of carbonyl (C=O) groups excluding carboxylic acids is 3. The lowest BCUT2D eigenvalue weighted by molar-refractivity contribution is -0.142. The second-order valence-corrected chi connectivity index (χ2v) is 11.2. The number of anilines is 1. The van der Waals surface area contributed by atoms with Crippen LogP contribution in [0.25, 0.3) is 0 Å². The van der Waals surface area contributed by atoms with Crippen molar-refractivity contribution in [2.24, 2.45) is 0 Å². The number of amides is 3. The number of hydrogen-bond donors (Lipinski definition) is 2. The van der Waals surface area contributed by atoms with Crippen LogP contribution in [0.2, 0.25) is 0 Å². The van der Waals surface area contributed by atoms with Gasteiger partial charge in [0.25, 0.3) is 0 Å². The predicted molar refractivity (Wildman–Crippen MR) is 139 cm³/mol. The number of benzene rings is 1. The molecule has 0 bridgehead atoms. The Morgan fingerprint density at radius 3 is 1.74 bits per heavy atom. The van der Waals surface area contributed by atoms with Gasteiger partial charge < -0.3 is 19.9 Å². The van der Waals surface area contributed by atoms with Crippen molar-refractivity contribution in [2.75, 3.05) is 18.4 Å². The first-order valence-corrected chi connectivity index (χ1v) is 12.6. The van der Waals surface area contributed by atoms with E-state index in [1.807, 2.05) is 6.07 Å². The molecule has 1 aromatic carbocycles. The number of carbonyl (C=O) groups is 4. The summed E-state index contributed by atoms with van der Waals surface area (Å²) in [6.45, 7) is 11.7. The molecule has 3 amide bonds. The molecule has 2 saturated heterocycles. The van der Waals surface area contributed by atoms with Crippen molar-refractivity contribution >= 4 is 29.8 Å². The Hall–Kier alpha value is -3.81. The number of aliphatic carboxylic acids is 1. The van der Waals surface area contributed by atoms with Crippen molar-refractivity contribution in [1.82, 2.24) is 9.80 Å². The van der Waals surface area contributed by atoms with Gasteiger partial charge in [-0.05, 0) is 91.5 Å². The minimum atomic E-state index is -0.960. The fourth-order valence-corrected chi connectivity index (χ4v) is 3.99. The van der Waals surface area contributed by atoms with E-state index in [1.165, 1.54) is 9.80 Å². The normalized spacial score (nSPS) is 19.1. The third kappa shape index (κ3) is 9.25. The van der Waals surface area contributed by atoms with Crippen LogP contribution < -0.4 is 5.32 Å². The van der Waals surface area contributed by atoms with E-state index in [-0.39, 0.29) is 5.91 Å². The van der Waals surface area contributed by atoms with Gasteiger partial charge in [-0.15, -0.1) is 0 Å². The molecule has 2 fully saturated rings. The molecule has 1 aromatic rings. The SMILES string of the molecule is CC(C)(C)OC(=O)N1CCCC1C(=O)Nc1ccc(C#N)cc1.CC(C)(C)OC(=O)N1CCCC1C(=O)O. The van der Waals surface area contributed by atoms with Crippen LogP contribution in [0.5, 0.6) is 0 Å². The van der Waals surface area contributed by atoms with E-state index < -0.39 is 41.4 Å². The van der Waals surface area contributed by atoms with E-state index in [9.17, 15) is 19.2 Å². The van der Waals surface area contributed by atoms with Crippen LogP contribution in [-0.4, -0.2) is 75.3 Å². The molecule has 2 aliphatic heterocycles. The zero-order chi connectivity index (χ0) is 28.7. The molecule has 2 aliphatic rings. The summed E-state index contributed by atoms with van der Waals surface area (Å²) in [6, 6.07) is 7.38. The lowest BCUT2D eigenvalue weighted by Crippen LogP contribution is -2.45. The Kier molecular flexibility index (Phi) is 10.1. The van der Waals surface area contributed by atoms with Crippen LogP contribution in [0.4, 0.5) is 15.3 Å². The number of rotatable bonds is 3. The molecule has 0 aromatic heterocycles. The summed E-state index contributed by atoms with van der Waals surface area (Å²) in [5, 5.41) is 20.4. The first-order valence-electron chi connectivity index (χ1n) is 12.6. The zero-order valence-corrected chi connectivity index (χ0v) is 22.9. The lowest BCUT2D eigenvalue weighted by atomic mass is 10.2. The zero-order valence-electron chi connectivity index (χ0n) is 22.9. The van der Waals surface area contributed by atoms with E-state index in [1.54, 1.807) is 65.8 Å². The summed E-state index contributed by atoms with van der Waals surface area (Å²) in [6.07, 6.45) is 1.61. The molecular formula is C27H38N4O7. The van der Waals surface area contributed by atoms with Crippen molar-refractivity contribution < 1.29 is 33.8 Å². The highest BCUT2D eigenvalue weighted by Crippen LogP contribution is 2.23. The number of nitrogens with zero attached hydrogens (tertiary/aromatic N) is 3. The molecule has 0 radical (unpaired) electrons. The second kappa shape index (κ2) is 12.6. The molecule has 2 N–H and O–H groups in total. The fourth-order valence-electron chi connectivity index (χ4n) is 3.99. The number of hydrogen-bond acceptors (Lipinski definition) is 7. The van der Waals surface area contributed by atoms with Gasteiger partial charge in [0.15, 0.2) is 0 Å². The van der Waals surface area contributed by atoms with E-state index in [2.05, 4.69) is 5.32 Å². The highest BCUT2D eigenvalue weighted by atomic mass is 16.6. The quantitative estimate of drug-likeness (QED) is 0.585. The standard InChI is InChI=1S/C17H21N3O3.C10H17NO4/c1-17(2,3)23-16(22)20-10-4-5-14(20)15(21)19-13-8-6-12(11-18)7-9-13;1-10(2,3)15-9(14)11-6-4-5-7(11)8(12)13/h6-9,14H,4-5,10H2,1-3H3,(H,19,21);7H,4-6H2,1-3H3,(H,12,13). The molecule has 38 heavy (non-hydrogen) atoms. The van der Waals surface area contributed by atoms with Crippen LogP contribution in [0.15, 0.2) is 24.3 Å². The minimum absolute atomic E-state index is 0.238. The summed E-state index contributed by atoms with van der Waals surface area (Å²) in [7, 11) is 0. The van der Waals surface area contributed by atoms with Crippen molar-refractivity contribution in [3.8, 4) is 6.07 Å². The number of likely N-dealkylation sites (tertiary alicyclic amines) is 2. The third-order valence-electron chi connectivity index (χ3n) is 5.63. The molecule has 0 aliphatic carbocycles. The van der Waals surface area contributed by atoms with Crippen LogP contribution >= 0.6 is 0 Å². The molecule has 2 atom stereocenters. The number of nitriles is 1. The summed E-state index contributed by atoms with van der Waals surface area (Å²) >= 11 is 0. The topological polar surface area (TPSA) is 149 Å². The summed E-state index contributed by atoms with van der Waals surface area (Å²) in [4.78, 5) is 49.8. The summed E-state index contributed by atoms with van der Waals surface area (Å²) in [5.41, 5.74) is -0.0411. The van der Waals surface area contributed by atoms with Gasteiger partial charge in [-0.1, -0.05) is 0 Å². The van der Waals surface area contributed by atoms with Gasteiger partial charge >= 0.3 is 18.2 Å². The lowest BCUT2D eigenvalue weighted by Gasteiger charge is -2.28. The maximum atomic E-state index is 12.4. The third-order valence-corrected chi connectivity index (χ3v) is 5.63. The monoisotopic (exact) mass is 530 g/mol. The number of carboxylic acids is 1. The summed E-state index contributed by atoms with van der Waals surface area (Å²) < 4.78 is 10.5. The molecular weight excluding hydrogens is 492 g/mol. The Morgan fingerprint density at radius 2 is 1.32 bits per heavy atom. The molecule has 11 nitrogen and oxygen atoms in total. The average molecular weight is 531 g/mol. The maximum Gasteiger partial charge on any atom is 0.411 e. The highest BCUT2D eigenvalue weighted by Gasteiger charge is 2.37. The smallest absolute Gasteiger partial charge is 0.411 e. The van der Waals surface area contributed by atoms with E-state index in [0.717, 1.165) is 12.8 Å². The van der Waals surface area contributed by atoms with Crippen LogP contribution in [0.1, 0.15) is 72.8 Å². The van der Waals surface area contributed by atoms with E-state index >= 15 is 0 Å². The van der Waals surface area contributed by atoms with Gasteiger partial charge in [-0.2, -0.15) is 5.26 Å². The summed E-state index contributed by atoms with van der Waals surface area (Å²) in [5.74, 6) is -1.20. The van der Waals surface area contributed by atoms with Gasteiger partial charge in [-0.3, -0.25) is 14.6 Å². The Bertz CT molecular complexity index is 1050. The Labute approximate surface area is 223 Å². The van der Waals surface area contributed by atoms with Gasteiger partial charge in [0.1, 0.15) is 23.3 Å². The van der Waals surface area contributed by atoms with Crippen LogP contribution in [-0.2, 0) is 19.1 Å². The van der Waals surface area contributed by atoms with Gasteiger partial charge in [0.2, 0.25) is 5.91 Å². The van der Waals surface area contributed by atoms with Gasteiger partial charge in [-0.25, -0.2) is 14.4 Å². The average Bonchev–Trinajstić information content (AvgIpc) is 3.48. The highest BCUT2D eigenvalue weighted by molar-refractivity contribution is 5.96. The van der Waals surface area contributed by atoms with Crippen LogP contribution in [0.3, 0.4) is 0 Å². The maximum absolute atomic E-state index is 12.4. The van der Waals surface area contributed by atoms with Crippen molar-refractivity contribution in [3.05, 3.63) is 29.8 Å². The second-order valence-electron chi connectivity index (χ2n) is 11.2. The van der Waals surface area contributed by atoms with Crippen LogP contribution in [0, 0.1) is 11.3 Å². The molecule has 208 valence electrons. The minimum Gasteiger partial charge on any atom is -0.480 e. The van der Waals surface area contributed by atoms with Gasteiger partial charge in [0, 0.05) is 18.8 Å². The van der Waals surface area contributed by atoms with Crippen molar-refractivity contribution in [2.45, 2.75) is 90.5 Å². The molecule has 0 saturated carbocycles. The van der Waals surface area contributed by atoms with Gasteiger partial charge in [0.05, 0.1) is 11.6 Å². The Balaban J connectivity index is 0.000000293. The fraction of sp³-hybridized carbons (Fsp3) is 0.593. The first kappa shape index (κ1) is 30.4. The van der Waals surface area contributed by atoms with E-state index in [4.69, 9.17) is 19.8 Å². The molecule has 2 heterocycles. The number of carboxylic acid groups (broad SMARTS) is 1. The molecule has 3 rings (SSSR count). The number of ether oxygens (including phenoxy) is 2. The molecule has 11 heteroatoms. The molecule has 0 spiro atoms. The van der Waals surface area contributed by atoms with E-state index in [0.29, 0.717) is 37.2 Å². The largest absolute Gasteiger partial charge is 0.480 e. The first-order chi connectivity index (χ1) is 17.6.